The Kier molecular flexibility index (Phi) is 5.30. The van der Waals surface area contributed by atoms with Gasteiger partial charge in [-0.3, -0.25) is 4.79 Å². The van der Waals surface area contributed by atoms with Gasteiger partial charge in [0.05, 0.1) is 23.7 Å². The summed E-state index contributed by atoms with van der Waals surface area (Å²) in [5.74, 6) is 0.0227. The molecule has 1 heterocycles. The summed E-state index contributed by atoms with van der Waals surface area (Å²) in [5.41, 5.74) is 3.17. The summed E-state index contributed by atoms with van der Waals surface area (Å²) in [4.78, 5) is 19.6. The van der Waals surface area contributed by atoms with E-state index in [0.29, 0.717) is 12.0 Å². The smallest absolute Gasteiger partial charge is 0.232 e. The van der Waals surface area contributed by atoms with Crippen LogP contribution in [0.5, 0.6) is 0 Å². The number of hydrogen-bond acceptors (Lipinski definition) is 4. The minimum atomic E-state index is 0.0227. The highest BCUT2D eigenvalue weighted by Gasteiger charge is 2.14. The molecule has 0 spiro atoms. The number of benzene rings is 2. The van der Waals surface area contributed by atoms with Crippen LogP contribution >= 0.6 is 11.3 Å². The lowest BCUT2D eigenvalue weighted by molar-refractivity contribution is -0.117. The Morgan fingerprint density at radius 1 is 1.19 bits per heavy atom. The van der Waals surface area contributed by atoms with E-state index in [1.165, 1.54) is 11.3 Å². The van der Waals surface area contributed by atoms with Crippen molar-refractivity contribution in [2.24, 2.45) is 12.0 Å². The fourth-order valence-electron chi connectivity index (χ4n) is 2.45. The van der Waals surface area contributed by atoms with Gasteiger partial charge in [0.15, 0.2) is 4.80 Å². The van der Waals surface area contributed by atoms with Crippen LogP contribution in [0.2, 0.25) is 0 Å². The summed E-state index contributed by atoms with van der Waals surface area (Å²) in [7, 11) is 3.69. The number of aromatic nitrogens is 1. The van der Waals surface area contributed by atoms with Crippen molar-refractivity contribution in [3.05, 3.63) is 76.0 Å². The highest BCUT2D eigenvalue weighted by Crippen LogP contribution is 2.15. The SMILES string of the molecule is CN(C(=O)Cc1csc(=Nc2ccc(C#N)cc2)n1C)c1ccccc1. The molecule has 2 aromatic carbocycles. The molecule has 1 aromatic heterocycles. The molecule has 130 valence electrons. The predicted octanol–water partition coefficient (Wildman–Crippen LogP) is 3.40. The van der Waals surface area contributed by atoms with Gasteiger partial charge >= 0.3 is 0 Å². The van der Waals surface area contributed by atoms with Crippen molar-refractivity contribution in [1.29, 1.82) is 5.26 Å². The van der Waals surface area contributed by atoms with Gasteiger partial charge in [0, 0.05) is 30.9 Å². The lowest BCUT2D eigenvalue weighted by Crippen LogP contribution is -2.29. The van der Waals surface area contributed by atoms with Gasteiger partial charge in [0.2, 0.25) is 5.91 Å². The molecule has 0 aliphatic rings. The second-order valence-electron chi connectivity index (χ2n) is 5.80. The van der Waals surface area contributed by atoms with Crippen molar-refractivity contribution in [2.75, 3.05) is 11.9 Å². The molecule has 0 saturated heterocycles. The summed E-state index contributed by atoms with van der Waals surface area (Å²) < 4.78 is 1.93. The first kappa shape index (κ1) is 17.6. The summed E-state index contributed by atoms with van der Waals surface area (Å²) >= 11 is 1.49. The molecule has 6 heteroatoms. The number of rotatable bonds is 4. The van der Waals surface area contributed by atoms with E-state index in [1.807, 2.05) is 59.5 Å². The van der Waals surface area contributed by atoms with Gasteiger partial charge in [0.25, 0.3) is 0 Å². The van der Waals surface area contributed by atoms with Crippen LogP contribution < -0.4 is 9.70 Å². The first-order valence-corrected chi connectivity index (χ1v) is 8.96. The first-order chi connectivity index (χ1) is 12.6. The highest BCUT2D eigenvalue weighted by molar-refractivity contribution is 7.07. The number of para-hydroxylation sites is 1. The zero-order chi connectivity index (χ0) is 18.5. The number of carbonyl (C=O) groups excluding carboxylic acids is 1. The number of thiazole rings is 1. The van der Waals surface area contributed by atoms with Crippen LogP contribution in [-0.4, -0.2) is 17.5 Å². The van der Waals surface area contributed by atoms with Crippen molar-refractivity contribution >= 4 is 28.6 Å². The third-order valence-corrected chi connectivity index (χ3v) is 5.06. The van der Waals surface area contributed by atoms with Crippen molar-refractivity contribution < 1.29 is 4.79 Å². The molecule has 3 aromatic rings. The average Bonchev–Trinajstić information content (AvgIpc) is 3.02. The molecule has 0 radical (unpaired) electrons. The molecule has 5 nitrogen and oxygen atoms in total. The van der Waals surface area contributed by atoms with Crippen LogP contribution in [0.4, 0.5) is 11.4 Å². The number of nitrogens with zero attached hydrogens (tertiary/aromatic N) is 4. The fraction of sp³-hybridized carbons (Fsp3) is 0.150. The first-order valence-electron chi connectivity index (χ1n) is 8.08. The van der Waals surface area contributed by atoms with Gasteiger partial charge in [-0.25, -0.2) is 4.99 Å². The van der Waals surface area contributed by atoms with Crippen molar-refractivity contribution in [3.8, 4) is 6.07 Å². The van der Waals surface area contributed by atoms with E-state index >= 15 is 0 Å². The van der Waals surface area contributed by atoms with Gasteiger partial charge in [-0.15, -0.1) is 11.3 Å². The maximum atomic E-state index is 12.6. The topological polar surface area (TPSA) is 61.4 Å². The molecule has 1 amide bonds. The molecule has 3 rings (SSSR count). The van der Waals surface area contributed by atoms with E-state index in [1.54, 1.807) is 24.1 Å². The summed E-state index contributed by atoms with van der Waals surface area (Å²) in [5, 5.41) is 10.8. The second-order valence-corrected chi connectivity index (χ2v) is 6.64. The van der Waals surface area contributed by atoms with Crippen molar-refractivity contribution in [1.82, 2.24) is 4.57 Å². The molecule has 0 bridgehead atoms. The maximum absolute atomic E-state index is 12.6. The van der Waals surface area contributed by atoms with E-state index in [4.69, 9.17) is 5.26 Å². The summed E-state index contributed by atoms with van der Waals surface area (Å²) in [6, 6.07) is 18.8. The van der Waals surface area contributed by atoms with Gasteiger partial charge in [0.1, 0.15) is 0 Å². The fourth-order valence-corrected chi connectivity index (χ4v) is 3.37. The molecule has 0 unspecified atom stereocenters. The van der Waals surface area contributed by atoms with E-state index < -0.39 is 0 Å². The van der Waals surface area contributed by atoms with E-state index in [-0.39, 0.29) is 5.91 Å². The Morgan fingerprint density at radius 2 is 1.88 bits per heavy atom. The molecular weight excluding hydrogens is 344 g/mol. The minimum Gasteiger partial charge on any atom is -0.323 e. The van der Waals surface area contributed by atoms with Gasteiger partial charge in [-0.1, -0.05) is 18.2 Å². The third kappa shape index (κ3) is 3.90. The minimum absolute atomic E-state index is 0.0227. The van der Waals surface area contributed by atoms with Gasteiger partial charge in [-0.2, -0.15) is 5.26 Å². The Bertz CT molecular complexity index is 1010. The van der Waals surface area contributed by atoms with E-state index in [0.717, 1.165) is 21.9 Å². The highest BCUT2D eigenvalue weighted by atomic mass is 32.1. The number of amides is 1. The summed E-state index contributed by atoms with van der Waals surface area (Å²) in [6.07, 6.45) is 0.307. The van der Waals surface area contributed by atoms with Crippen LogP contribution in [0.25, 0.3) is 0 Å². The Balaban J connectivity index is 1.79. The molecule has 0 saturated carbocycles. The Labute approximate surface area is 156 Å². The van der Waals surface area contributed by atoms with Crippen molar-refractivity contribution in [3.63, 3.8) is 0 Å². The number of hydrogen-bond donors (Lipinski definition) is 0. The van der Waals surface area contributed by atoms with E-state index in [9.17, 15) is 4.79 Å². The number of likely N-dealkylation sites (N-methyl/N-ethyl adjacent to an activating group) is 1. The zero-order valence-electron chi connectivity index (χ0n) is 14.6. The second kappa shape index (κ2) is 7.81. The van der Waals surface area contributed by atoms with Crippen LogP contribution in [-0.2, 0) is 18.3 Å². The van der Waals surface area contributed by atoms with E-state index in [2.05, 4.69) is 11.1 Å². The number of carbonyl (C=O) groups is 1. The zero-order valence-corrected chi connectivity index (χ0v) is 15.4. The largest absolute Gasteiger partial charge is 0.323 e. The van der Waals surface area contributed by atoms with Crippen LogP contribution in [0, 0.1) is 11.3 Å². The monoisotopic (exact) mass is 362 g/mol. The molecule has 0 N–H and O–H groups in total. The molecule has 0 atom stereocenters. The molecule has 0 fully saturated rings. The van der Waals surface area contributed by atoms with Crippen LogP contribution in [0.3, 0.4) is 0 Å². The molecule has 0 aliphatic heterocycles. The lowest BCUT2D eigenvalue weighted by Gasteiger charge is -2.17. The van der Waals surface area contributed by atoms with Crippen LogP contribution in [0.1, 0.15) is 11.3 Å². The lowest BCUT2D eigenvalue weighted by atomic mass is 10.2. The third-order valence-electron chi connectivity index (χ3n) is 4.09. The standard InChI is InChI=1S/C20H18N4OS/c1-23(17-6-4-3-5-7-17)19(25)12-18-14-26-20(24(18)2)22-16-10-8-15(13-21)9-11-16/h3-11,14H,12H2,1-2H3. The quantitative estimate of drug-likeness (QED) is 0.714. The Morgan fingerprint density at radius 3 is 2.54 bits per heavy atom. The van der Waals surface area contributed by atoms with Crippen LogP contribution in [0.15, 0.2) is 65.0 Å². The number of nitriles is 1. The summed E-state index contributed by atoms with van der Waals surface area (Å²) in [6.45, 7) is 0. The van der Waals surface area contributed by atoms with Gasteiger partial charge < -0.3 is 9.47 Å². The molecular formula is C20H18N4OS. The molecule has 26 heavy (non-hydrogen) atoms. The molecule has 0 aliphatic carbocycles. The van der Waals surface area contributed by atoms with Crippen molar-refractivity contribution in [2.45, 2.75) is 6.42 Å². The predicted molar refractivity (Wildman–Crippen MR) is 103 cm³/mol. The normalized spacial score (nSPS) is 11.2. The number of anilines is 1. The average molecular weight is 362 g/mol. The van der Waals surface area contributed by atoms with Gasteiger partial charge in [-0.05, 0) is 36.4 Å². The maximum Gasteiger partial charge on any atom is 0.232 e. The Hall–Kier alpha value is -3.17.